The Hall–Kier alpha value is -3.91. The van der Waals surface area contributed by atoms with Gasteiger partial charge in [0.1, 0.15) is 28.5 Å². The monoisotopic (exact) mass is 503 g/mol. The van der Waals surface area contributed by atoms with Crippen LogP contribution in [-0.4, -0.2) is 32.7 Å². The van der Waals surface area contributed by atoms with Crippen molar-refractivity contribution in [1.82, 2.24) is 14.9 Å². The summed E-state index contributed by atoms with van der Waals surface area (Å²) in [4.78, 5) is 28.9. The predicted molar refractivity (Wildman–Crippen MR) is 141 cm³/mol. The molecule has 2 aromatic heterocycles. The molecule has 0 radical (unpaired) electrons. The highest BCUT2D eigenvalue weighted by molar-refractivity contribution is 6.02. The number of amides is 1. The molecule has 7 nitrogen and oxygen atoms in total. The number of H-pyrrole nitrogens is 1. The number of hydrogen-bond donors (Lipinski definition) is 3. The van der Waals surface area contributed by atoms with Gasteiger partial charge in [-0.15, -0.1) is 0 Å². The van der Waals surface area contributed by atoms with Crippen LogP contribution in [0.1, 0.15) is 46.4 Å². The molecular formula is C29H30FN3O4. The molecule has 2 heterocycles. The molecule has 0 unspecified atom stereocenters. The molecule has 4 aromatic rings. The Morgan fingerprint density at radius 3 is 2.51 bits per heavy atom. The number of carbonyl (C=O) groups excluding carboxylic acids is 1. The standard InChI is InChI=1S/C29H30FN3O4/c1-15-7-18(11-22(8-15)37-27-16(2)9-19(30)10-17(27)3)24-14-33(4)29(36)26-23(24)13-25(32-26)28(35)31-20-5-6-21(34)12-20/h7-11,13-14,20-21,32,34H,5-6,12H2,1-4H3,(H,31,35)/t20-,21-/m0/s1. The zero-order chi connectivity index (χ0) is 26.4. The van der Waals surface area contributed by atoms with Gasteiger partial charge < -0.3 is 24.7 Å². The zero-order valence-electron chi connectivity index (χ0n) is 21.3. The molecule has 0 aliphatic heterocycles. The summed E-state index contributed by atoms with van der Waals surface area (Å²) in [7, 11) is 1.67. The van der Waals surface area contributed by atoms with E-state index in [1.807, 2.05) is 25.1 Å². The zero-order valence-corrected chi connectivity index (χ0v) is 21.3. The number of pyridine rings is 1. The minimum Gasteiger partial charge on any atom is -0.457 e. The van der Waals surface area contributed by atoms with Crippen molar-refractivity contribution in [3.05, 3.63) is 81.2 Å². The van der Waals surface area contributed by atoms with Crippen molar-refractivity contribution >= 4 is 16.8 Å². The van der Waals surface area contributed by atoms with Crippen molar-refractivity contribution in [2.45, 2.75) is 52.2 Å². The highest BCUT2D eigenvalue weighted by atomic mass is 19.1. The smallest absolute Gasteiger partial charge is 0.274 e. The van der Waals surface area contributed by atoms with E-state index in [4.69, 9.17) is 4.74 Å². The van der Waals surface area contributed by atoms with Crippen molar-refractivity contribution in [3.8, 4) is 22.6 Å². The summed E-state index contributed by atoms with van der Waals surface area (Å²) in [5, 5.41) is 13.4. The van der Waals surface area contributed by atoms with Gasteiger partial charge in [-0.2, -0.15) is 0 Å². The Balaban J connectivity index is 1.55. The second-order valence-corrected chi connectivity index (χ2v) is 10.1. The van der Waals surface area contributed by atoms with Gasteiger partial charge in [0.25, 0.3) is 11.5 Å². The third kappa shape index (κ3) is 4.89. The normalized spacial score (nSPS) is 17.4. The van der Waals surface area contributed by atoms with Gasteiger partial charge >= 0.3 is 0 Å². The number of benzene rings is 2. The summed E-state index contributed by atoms with van der Waals surface area (Å²) in [5.41, 5.74) is 4.31. The lowest BCUT2D eigenvalue weighted by molar-refractivity contribution is 0.0929. The number of halogens is 1. The quantitative estimate of drug-likeness (QED) is 0.356. The van der Waals surface area contributed by atoms with Crippen LogP contribution >= 0.6 is 0 Å². The first-order chi connectivity index (χ1) is 17.6. The van der Waals surface area contributed by atoms with Crippen LogP contribution < -0.4 is 15.6 Å². The Kier molecular flexibility index (Phi) is 6.37. The van der Waals surface area contributed by atoms with E-state index in [2.05, 4.69) is 10.3 Å². The van der Waals surface area contributed by atoms with E-state index >= 15 is 0 Å². The average molecular weight is 504 g/mol. The van der Waals surface area contributed by atoms with E-state index in [-0.39, 0.29) is 23.3 Å². The molecule has 192 valence electrons. The molecule has 0 bridgehead atoms. The number of ether oxygens (including phenoxy) is 1. The summed E-state index contributed by atoms with van der Waals surface area (Å²) in [6, 6.07) is 10.2. The summed E-state index contributed by atoms with van der Waals surface area (Å²) in [5.74, 6) is 0.569. The van der Waals surface area contributed by atoms with Crippen LogP contribution in [0.3, 0.4) is 0 Å². The topological polar surface area (TPSA) is 96.4 Å². The third-order valence-electron chi connectivity index (χ3n) is 6.96. The van der Waals surface area contributed by atoms with Crippen molar-refractivity contribution in [1.29, 1.82) is 0 Å². The van der Waals surface area contributed by atoms with E-state index in [0.29, 0.717) is 52.1 Å². The first-order valence-electron chi connectivity index (χ1n) is 12.4. The van der Waals surface area contributed by atoms with Gasteiger partial charge in [0.2, 0.25) is 0 Å². The molecule has 2 aromatic carbocycles. The van der Waals surface area contributed by atoms with Crippen LogP contribution in [0.4, 0.5) is 4.39 Å². The number of aromatic nitrogens is 2. The fourth-order valence-corrected chi connectivity index (χ4v) is 5.18. The van der Waals surface area contributed by atoms with Gasteiger partial charge in [0, 0.05) is 30.2 Å². The van der Waals surface area contributed by atoms with E-state index in [1.54, 1.807) is 33.2 Å². The Bertz CT molecular complexity index is 1560. The molecule has 8 heteroatoms. The summed E-state index contributed by atoms with van der Waals surface area (Å²) >= 11 is 0. The number of aromatic amines is 1. The second-order valence-electron chi connectivity index (χ2n) is 10.1. The Morgan fingerprint density at radius 2 is 1.84 bits per heavy atom. The molecule has 5 rings (SSSR count). The molecule has 3 N–H and O–H groups in total. The van der Waals surface area contributed by atoms with Crippen LogP contribution in [0, 0.1) is 26.6 Å². The maximum Gasteiger partial charge on any atom is 0.274 e. The lowest BCUT2D eigenvalue weighted by Crippen LogP contribution is -2.33. The van der Waals surface area contributed by atoms with Crippen LogP contribution in [0.5, 0.6) is 11.5 Å². The van der Waals surface area contributed by atoms with E-state index < -0.39 is 6.10 Å². The molecule has 37 heavy (non-hydrogen) atoms. The van der Waals surface area contributed by atoms with Gasteiger partial charge in [-0.3, -0.25) is 9.59 Å². The summed E-state index contributed by atoms with van der Waals surface area (Å²) in [6.07, 6.45) is 3.27. The SMILES string of the molecule is Cc1cc(Oc2c(C)cc(F)cc2C)cc(-c2cn(C)c(=O)c3[nH]c(C(=O)N[C@H]4CC[C@H](O)C4)cc23)c1. The number of nitrogens with zero attached hydrogens (tertiary/aromatic N) is 1. The molecule has 0 spiro atoms. The van der Waals surface area contributed by atoms with Crippen molar-refractivity contribution in [2.75, 3.05) is 0 Å². The third-order valence-corrected chi connectivity index (χ3v) is 6.96. The minimum atomic E-state index is -0.396. The van der Waals surface area contributed by atoms with Crippen LogP contribution in [0.25, 0.3) is 22.0 Å². The van der Waals surface area contributed by atoms with Gasteiger partial charge in [0.05, 0.1) is 6.10 Å². The van der Waals surface area contributed by atoms with Crippen LogP contribution in [0.15, 0.2) is 47.4 Å². The van der Waals surface area contributed by atoms with Gasteiger partial charge in [0.15, 0.2) is 0 Å². The predicted octanol–water partition coefficient (Wildman–Crippen LogP) is 5.03. The molecule has 1 aliphatic carbocycles. The fraction of sp³-hybridized carbons (Fsp3) is 0.310. The number of hydrogen-bond acceptors (Lipinski definition) is 4. The fourth-order valence-electron chi connectivity index (χ4n) is 5.18. The van der Waals surface area contributed by atoms with E-state index in [1.165, 1.54) is 16.7 Å². The van der Waals surface area contributed by atoms with Gasteiger partial charge in [-0.1, -0.05) is 6.07 Å². The van der Waals surface area contributed by atoms with Gasteiger partial charge in [-0.05, 0) is 92.6 Å². The molecule has 0 saturated heterocycles. The number of rotatable bonds is 5. The Labute approximate surface area is 213 Å². The molecule has 1 aliphatic rings. The minimum absolute atomic E-state index is 0.0916. The molecule has 1 fully saturated rings. The van der Waals surface area contributed by atoms with Crippen molar-refractivity contribution < 1.29 is 19.0 Å². The maximum absolute atomic E-state index is 13.8. The first-order valence-corrected chi connectivity index (χ1v) is 12.4. The van der Waals surface area contributed by atoms with Crippen LogP contribution in [0.2, 0.25) is 0 Å². The highest BCUT2D eigenvalue weighted by Gasteiger charge is 2.25. The molecule has 1 saturated carbocycles. The highest BCUT2D eigenvalue weighted by Crippen LogP contribution is 2.35. The lowest BCUT2D eigenvalue weighted by Gasteiger charge is -2.14. The summed E-state index contributed by atoms with van der Waals surface area (Å²) < 4.78 is 21.5. The second kappa shape index (κ2) is 9.52. The van der Waals surface area contributed by atoms with Crippen molar-refractivity contribution in [2.24, 2.45) is 7.05 Å². The Morgan fingerprint density at radius 1 is 1.11 bits per heavy atom. The molecular weight excluding hydrogens is 473 g/mol. The average Bonchev–Trinajstić information content (AvgIpc) is 3.45. The number of carbonyl (C=O) groups is 1. The van der Waals surface area contributed by atoms with Gasteiger partial charge in [-0.25, -0.2) is 4.39 Å². The van der Waals surface area contributed by atoms with E-state index in [9.17, 15) is 19.1 Å². The summed E-state index contributed by atoms with van der Waals surface area (Å²) in [6.45, 7) is 5.56. The number of nitrogens with one attached hydrogen (secondary N) is 2. The number of fused-ring (bicyclic) bond motifs is 1. The number of aliphatic hydroxyl groups is 1. The van der Waals surface area contributed by atoms with E-state index in [0.717, 1.165) is 23.1 Å². The van der Waals surface area contributed by atoms with Crippen molar-refractivity contribution in [3.63, 3.8) is 0 Å². The molecule has 1 amide bonds. The first kappa shape index (κ1) is 24.8. The lowest BCUT2D eigenvalue weighted by atomic mass is 10.0. The number of aliphatic hydroxyl groups excluding tert-OH is 1. The maximum atomic E-state index is 13.8. The largest absolute Gasteiger partial charge is 0.457 e. The molecule has 2 atom stereocenters. The van der Waals surface area contributed by atoms with Crippen LogP contribution in [-0.2, 0) is 7.05 Å². The number of aryl methyl sites for hydroxylation is 4.